The van der Waals surface area contributed by atoms with Gasteiger partial charge < -0.3 is 0 Å². The molecule has 0 saturated heterocycles. The molecular formula is C31H24Cl2Ti-2. The van der Waals surface area contributed by atoms with E-state index < -0.39 is 15.3 Å². The van der Waals surface area contributed by atoms with Crippen molar-refractivity contribution in [1.29, 1.82) is 0 Å². The molecule has 0 unspecified atom stereocenters. The van der Waals surface area contributed by atoms with Crippen LogP contribution in [0, 0.1) is 0 Å². The Morgan fingerprint density at radius 3 is 1.26 bits per heavy atom. The van der Waals surface area contributed by atoms with E-state index in [1.165, 1.54) is 43.8 Å². The van der Waals surface area contributed by atoms with Gasteiger partial charge in [0.25, 0.3) is 0 Å². The quantitative estimate of drug-likeness (QED) is 0.159. The Hall–Kier alpha value is -2.74. The minimum atomic E-state index is -1.64. The molecule has 0 aliphatic carbocycles. The fraction of sp³-hybridized carbons (Fsp3) is 0. The van der Waals surface area contributed by atoms with E-state index in [-0.39, 0.29) is 0 Å². The van der Waals surface area contributed by atoms with Crippen LogP contribution in [0.3, 0.4) is 0 Å². The second-order valence-electron chi connectivity index (χ2n) is 7.74. The van der Waals surface area contributed by atoms with Gasteiger partial charge in [0, 0.05) is 0 Å². The molecule has 0 heterocycles. The van der Waals surface area contributed by atoms with Crippen LogP contribution in [-0.2, 0) is 15.3 Å². The van der Waals surface area contributed by atoms with Gasteiger partial charge in [-0.05, 0) is 11.1 Å². The van der Waals surface area contributed by atoms with Crippen LogP contribution in [0.15, 0.2) is 133 Å². The molecule has 3 heteroatoms. The molecule has 0 radical (unpaired) electrons. The van der Waals surface area contributed by atoms with Crippen LogP contribution in [-0.4, -0.2) is 4.82 Å². The fourth-order valence-corrected chi connectivity index (χ4v) is 4.06. The summed E-state index contributed by atoms with van der Waals surface area (Å²) in [5, 5.41) is 5.31. The third-order valence-corrected chi connectivity index (χ3v) is 5.53. The zero-order valence-electron chi connectivity index (χ0n) is 18.7. The first-order valence-corrected chi connectivity index (χ1v) is 16.4. The van der Waals surface area contributed by atoms with Gasteiger partial charge in [0.1, 0.15) is 0 Å². The molecule has 0 aliphatic rings. The largest absolute Gasteiger partial charge is 0.168 e. The average molecular weight is 515 g/mol. The van der Waals surface area contributed by atoms with Crippen LogP contribution in [0.5, 0.6) is 0 Å². The topological polar surface area (TPSA) is 0 Å². The minimum Gasteiger partial charge on any atom is -0.168 e. The third-order valence-electron chi connectivity index (χ3n) is 5.53. The van der Waals surface area contributed by atoms with E-state index in [9.17, 15) is 0 Å². The van der Waals surface area contributed by atoms with Gasteiger partial charge in [-0.2, -0.15) is 24.3 Å². The number of hydrogen-bond acceptors (Lipinski definition) is 0. The Labute approximate surface area is 214 Å². The molecule has 0 aliphatic heterocycles. The molecule has 0 fully saturated rings. The summed E-state index contributed by atoms with van der Waals surface area (Å²) >= 11 is -1.64. The van der Waals surface area contributed by atoms with Gasteiger partial charge in [-0.25, -0.2) is 0 Å². The predicted molar refractivity (Wildman–Crippen MR) is 149 cm³/mol. The predicted octanol–water partition coefficient (Wildman–Crippen LogP) is 9.80. The van der Waals surface area contributed by atoms with Gasteiger partial charge in [-0.3, -0.25) is 0 Å². The Bertz CT molecular complexity index is 1360. The molecule has 0 N–H and O–H groups in total. The summed E-state index contributed by atoms with van der Waals surface area (Å²) in [6.07, 6.45) is 0. The van der Waals surface area contributed by atoms with E-state index in [0.29, 0.717) is 0 Å². The molecule has 0 spiro atoms. The maximum Gasteiger partial charge on any atom is -0.0279 e. The van der Waals surface area contributed by atoms with Crippen molar-refractivity contribution >= 4 is 45.0 Å². The Morgan fingerprint density at radius 1 is 0.500 bits per heavy atom. The number of fused-ring (bicyclic) bond motifs is 2. The molecular weight excluding hydrogens is 491 g/mol. The molecule has 0 nitrogen and oxygen atoms in total. The molecule has 34 heavy (non-hydrogen) atoms. The Balaban J connectivity index is 0.000000140. The van der Waals surface area contributed by atoms with Crippen LogP contribution < -0.4 is 0 Å². The monoisotopic (exact) mass is 514 g/mol. The van der Waals surface area contributed by atoms with Crippen LogP contribution in [0.4, 0.5) is 0 Å². The maximum atomic E-state index is 5.10. The van der Waals surface area contributed by atoms with Crippen molar-refractivity contribution in [2.45, 2.75) is 0 Å². The summed E-state index contributed by atoms with van der Waals surface area (Å²) in [7, 11) is 10.2. The SMILES string of the molecule is [CH2]=[Ti]([Cl])[Cl].c1ccc(-c2cccc3[cH-]ccc23)cc1.c1ccc(-c2cccc3[cH-]ccc23)cc1. The standard InChI is InChI=1S/2C15H11.CH2.2ClH.Ti/c2*1-2-6-12(7-3-1)14-10-4-8-13-9-5-11-15(13)14;;;;/h2*1-11H;1H2;2*1H;/q2*-1;;;;+2/p-2. The summed E-state index contributed by atoms with van der Waals surface area (Å²) in [5.41, 5.74) is 5.21. The number of rotatable bonds is 2. The minimum absolute atomic E-state index is 1.29. The second kappa shape index (κ2) is 12.1. The first-order chi connectivity index (χ1) is 16.6. The van der Waals surface area contributed by atoms with Gasteiger partial charge in [0.05, 0.1) is 0 Å². The fourth-order valence-electron chi connectivity index (χ4n) is 4.06. The van der Waals surface area contributed by atoms with Crippen LogP contribution in [0.1, 0.15) is 0 Å². The summed E-state index contributed by atoms with van der Waals surface area (Å²) in [6.45, 7) is 0. The van der Waals surface area contributed by atoms with Crippen molar-refractivity contribution in [3.63, 3.8) is 0 Å². The summed E-state index contributed by atoms with van der Waals surface area (Å²) in [6, 6.07) is 46.8. The van der Waals surface area contributed by atoms with Gasteiger partial charge in [-0.15, -0.1) is 57.9 Å². The molecule has 0 amide bonds. The molecule has 0 aromatic heterocycles. The Kier molecular flexibility index (Phi) is 8.69. The van der Waals surface area contributed by atoms with Gasteiger partial charge in [-0.1, -0.05) is 83.9 Å². The van der Waals surface area contributed by atoms with Crippen LogP contribution in [0.2, 0.25) is 0 Å². The van der Waals surface area contributed by atoms with Crippen molar-refractivity contribution in [2.75, 3.05) is 0 Å². The van der Waals surface area contributed by atoms with E-state index in [1.807, 2.05) is 0 Å². The zero-order chi connectivity index (χ0) is 23.8. The smallest absolute Gasteiger partial charge is 0.0279 e. The van der Waals surface area contributed by atoms with E-state index in [2.05, 4.69) is 138 Å². The number of halogens is 2. The Morgan fingerprint density at radius 2 is 0.882 bits per heavy atom. The van der Waals surface area contributed by atoms with Gasteiger partial charge in [0.15, 0.2) is 0 Å². The van der Waals surface area contributed by atoms with Crippen LogP contribution in [0.25, 0.3) is 43.8 Å². The molecule has 0 atom stereocenters. The van der Waals surface area contributed by atoms with E-state index in [1.54, 1.807) is 0 Å². The summed E-state index contributed by atoms with van der Waals surface area (Å²) in [4.78, 5) is 3.34. The summed E-state index contributed by atoms with van der Waals surface area (Å²) in [5.74, 6) is 0. The van der Waals surface area contributed by atoms with E-state index in [0.717, 1.165) is 0 Å². The molecule has 6 rings (SSSR count). The van der Waals surface area contributed by atoms with Crippen molar-refractivity contribution in [3.8, 4) is 22.3 Å². The van der Waals surface area contributed by atoms with Gasteiger partial charge in [0.2, 0.25) is 0 Å². The molecule has 6 aromatic carbocycles. The summed E-state index contributed by atoms with van der Waals surface area (Å²) < 4.78 is 0. The van der Waals surface area contributed by atoms with Crippen molar-refractivity contribution < 1.29 is 15.3 Å². The van der Waals surface area contributed by atoms with Gasteiger partial charge >= 0.3 is 38.7 Å². The average Bonchev–Trinajstić information content (AvgIpc) is 3.54. The number of benzene rings is 4. The van der Waals surface area contributed by atoms with Crippen molar-refractivity contribution in [3.05, 3.63) is 133 Å². The molecule has 0 bridgehead atoms. The normalized spacial score (nSPS) is 10.2. The van der Waals surface area contributed by atoms with Crippen LogP contribution >= 0.6 is 18.6 Å². The first-order valence-electron chi connectivity index (χ1n) is 11.0. The van der Waals surface area contributed by atoms with Crippen molar-refractivity contribution in [1.82, 2.24) is 0 Å². The maximum absolute atomic E-state index is 5.10. The number of hydrogen-bond donors (Lipinski definition) is 0. The van der Waals surface area contributed by atoms with Crippen molar-refractivity contribution in [2.24, 2.45) is 0 Å². The van der Waals surface area contributed by atoms with E-state index >= 15 is 0 Å². The third kappa shape index (κ3) is 6.23. The first kappa shape index (κ1) is 24.4. The second-order valence-corrected chi connectivity index (χ2v) is 13.4. The molecule has 6 aromatic rings. The molecule has 168 valence electrons. The zero-order valence-corrected chi connectivity index (χ0v) is 21.7. The van der Waals surface area contributed by atoms with E-state index in [4.69, 9.17) is 18.6 Å². The molecule has 0 saturated carbocycles.